The second-order valence-electron chi connectivity index (χ2n) is 5.24. The highest BCUT2D eigenvalue weighted by Gasteiger charge is 2.25. The van der Waals surface area contributed by atoms with E-state index in [1.807, 2.05) is 44.2 Å². The fourth-order valence-corrected chi connectivity index (χ4v) is 1.91. The molecule has 1 aromatic rings. The lowest BCUT2D eigenvalue weighted by molar-refractivity contribution is -0.145. The van der Waals surface area contributed by atoms with E-state index in [2.05, 4.69) is 10.6 Å². The predicted molar refractivity (Wildman–Crippen MR) is 85.2 cm³/mol. The van der Waals surface area contributed by atoms with Crippen molar-refractivity contribution >= 4 is 17.9 Å². The number of ether oxygens (including phenoxy) is 1. The number of rotatable bonds is 8. The minimum Gasteiger partial charge on any atom is -0.460 e. The van der Waals surface area contributed by atoms with Crippen LogP contribution in [-0.2, 0) is 20.9 Å². The van der Waals surface area contributed by atoms with Crippen molar-refractivity contribution in [1.29, 1.82) is 0 Å². The van der Waals surface area contributed by atoms with E-state index in [4.69, 9.17) is 10.5 Å². The first kappa shape index (κ1) is 18.5. The summed E-state index contributed by atoms with van der Waals surface area (Å²) in [5.41, 5.74) is 5.93. The van der Waals surface area contributed by atoms with E-state index in [1.165, 1.54) is 0 Å². The zero-order chi connectivity index (χ0) is 17.2. The summed E-state index contributed by atoms with van der Waals surface area (Å²) in [6.45, 7) is 3.58. The fourth-order valence-electron chi connectivity index (χ4n) is 1.91. The number of nitrogens with one attached hydrogen (secondary N) is 2. The molecule has 0 aliphatic carbocycles. The number of hydrogen-bond acceptors (Lipinski definition) is 4. The van der Waals surface area contributed by atoms with E-state index in [0.29, 0.717) is 6.42 Å². The molecule has 0 aliphatic heterocycles. The van der Waals surface area contributed by atoms with Crippen LogP contribution in [0.5, 0.6) is 0 Å². The molecule has 4 N–H and O–H groups in total. The van der Waals surface area contributed by atoms with Crippen molar-refractivity contribution in [3.05, 3.63) is 35.9 Å². The van der Waals surface area contributed by atoms with Crippen LogP contribution in [0.25, 0.3) is 0 Å². The first-order valence-electron chi connectivity index (χ1n) is 7.47. The lowest BCUT2D eigenvalue weighted by Gasteiger charge is -2.22. The highest BCUT2D eigenvalue weighted by atomic mass is 16.5. The summed E-state index contributed by atoms with van der Waals surface area (Å²) in [5.74, 6) is -1.12. The number of urea groups is 1. The molecule has 7 heteroatoms. The average molecular weight is 321 g/mol. The Morgan fingerprint density at radius 2 is 1.87 bits per heavy atom. The van der Waals surface area contributed by atoms with E-state index in [9.17, 15) is 14.4 Å². The molecule has 0 saturated carbocycles. The number of carbonyl (C=O) groups excluding carboxylic acids is 3. The highest BCUT2D eigenvalue weighted by molar-refractivity contribution is 5.89. The summed E-state index contributed by atoms with van der Waals surface area (Å²) >= 11 is 0. The SMILES string of the molecule is CCC(C)C(NC(N)=O)C(=O)NCC(=O)OCc1ccccc1. The van der Waals surface area contributed by atoms with Crippen LogP contribution in [0.1, 0.15) is 25.8 Å². The Kier molecular flexibility index (Phi) is 7.59. The maximum atomic E-state index is 12.1. The minimum absolute atomic E-state index is 0.108. The Morgan fingerprint density at radius 3 is 2.43 bits per heavy atom. The molecular weight excluding hydrogens is 298 g/mol. The lowest BCUT2D eigenvalue weighted by Crippen LogP contribution is -2.52. The van der Waals surface area contributed by atoms with E-state index >= 15 is 0 Å². The zero-order valence-electron chi connectivity index (χ0n) is 13.4. The molecule has 126 valence electrons. The van der Waals surface area contributed by atoms with E-state index in [0.717, 1.165) is 5.56 Å². The van der Waals surface area contributed by atoms with Crippen LogP contribution in [0, 0.1) is 5.92 Å². The van der Waals surface area contributed by atoms with Gasteiger partial charge in [0, 0.05) is 0 Å². The average Bonchev–Trinajstić information content (AvgIpc) is 2.55. The molecule has 0 saturated heterocycles. The quantitative estimate of drug-likeness (QED) is 0.618. The Bertz CT molecular complexity index is 533. The second-order valence-corrected chi connectivity index (χ2v) is 5.24. The maximum Gasteiger partial charge on any atom is 0.325 e. The number of amides is 3. The molecule has 0 radical (unpaired) electrons. The van der Waals surface area contributed by atoms with Gasteiger partial charge in [0.2, 0.25) is 5.91 Å². The van der Waals surface area contributed by atoms with Gasteiger partial charge < -0.3 is 21.1 Å². The molecule has 0 spiro atoms. The summed E-state index contributed by atoms with van der Waals surface area (Å²) in [4.78, 5) is 34.7. The van der Waals surface area contributed by atoms with Gasteiger partial charge in [-0.3, -0.25) is 9.59 Å². The number of primary amides is 1. The third-order valence-electron chi connectivity index (χ3n) is 3.44. The normalized spacial score (nSPS) is 12.8. The van der Waals surface area contributed by atoms with Crippen LogP contribution in [-0.4, -0.2) is 30.5 Å². The Balaban J connectivity index is 2.43. The lowest BCUT2D eigenvalue weighted by atomic mass is 9.98. The first-order valence-corrected chi connectivity index (χ1v) is 7.47. The van der Waals surface area contributed by atoms with Crippen LogP contribution in [0.4, 0.5) is 4.79 Å². The molecule has 23 heavy (non-hydrogen) atoms. The van der Waals surface area contributed by atoms with Gasteiger partial charge in [0.1, 0.15) is 19.2 Å². The van der Waals surface area contributed by atoms with Crippen molar-refractivity contribution in [3.63, 3.8) is 0 Å². The maximum absolute atomic E-state index is 12.1. The first-order chi connectivity index (χ1) is 10.9. The molecular formula is C16H23N3O4. The van der Waals surface area contributed by atoms with Crippen LogP contribution in [0.15, 0.2) is 30.3 Å². The summed E-state index contributed by atoms with van der Waals surface area (Å²) in [5, 5.41) is 4.84. The van der Waals surface area contributed by atoms with Crippen molar-refractivity contribution in [1.82, 2.24) is 10.6 Å². The molecule has 0 bridgehead atoms. The number of benzene rings is 1. The monoisotopic (exact) mass is 321 g/mol. The molecule has 0 aliphatic rings. The predicted octanol–water partition coefficient (Wildman–Crippen LogP) is 0.929. The standard InChI is InChI=1S/C16H23N3O4/c1-3-11(2)14(19-16(17)22)15(21)18-9-13(20)23-10-12-7-5-4-6-8-12/h4-8,11,14H,3,9-10H2,1-2H3,(H,18,21)(H3,17,19,22). The van der Waals surface area contributed by atoms with Crippen molar-refractivity contribution in [2.75, 3.05) is 6.54 Å². The molecule has 2 unspecified atom stereocenters. The number of carbonyl (C=O) groups is 3. The van der Waals surface area contributed by atoms with E-state index < -0.39 is 23.9 Å². The number of hydrogen-bond donors (Lipinski definition) is 3. The topological polar surface area (TPSA) is 111 Å². The summed E-state index contributed by atoms with van der Waals surface area (Å²) in [6.07, 6.45) is 0.677. The van der Waals surface area contributed by atoms with E-state index in [-0.39, 0.29) is 19.1 Å². The highest BCUT2D eigenvalue weighted by Crippen LogP contribution is 2.07. The van der Waals surface area contributed by atoms with Gasteiger partial charge in [-0.05, 0) is 11.5 Å². The van der Waals surface area contributed by atoms with Crippen molar-refractivity contribution in [2.24, 2.45) is 11.7 Å². The van der Waals surface area contributed by atoms with Crippen LogP contribution in [0.3, 0.4) is 0 Å². The van der Waals surface area contributed by atoms with E-state index in [1.54, 1.807) is 0 Å². The van der Waals surface area contributed by atoms with Crippen molar-refractivity contribution in [3.8, 4) is 0 Å². The molecule has 1 aromatic carbocycles. The van der Waals surface area contributed by atoms with Crippen LogP contribution in [0.2, 0.25) is 0 Å². The van der Waals surface area contributed by atoms with Gasteiger partial charge in [-0.15, -0.1) is 0 Å². The number of esters is 1. The van der Waals surface area contributed by atoms with Crippen molar-refractivity contribution < 1.29 is 19.1 Å². The fraction of sp³-hybridized carbons (Fsp3) is 0.438. The Labute approximate surface area is 135 Å². The summed E-state index contributed by atoms with van der Waals surface area (Å²) in [7, 11) is 0. The number of nitrogens with two attached hydrogens (primary N) is 1. The Hall–Kier alpha value is -2.57. The summed E-state index contributed by atoms with van der Waals surface area (Å²) < 4.78 is 5.06. The van der Waals surface area contributed by atoms with Gasteiger partial charge in [0.15, 0.2) is 0 Å². The van der Waals surface area contributed by atoms with Crippen molar-refractivity contribution in [2.45, 2.75) is 32.9 Å². The van der Waals surface area contributed by atoms with Crippen LogP contribution >= 0.6 is 0 Å². The largest absolute Gasteiger partial charge is 0.460 e. The van der Waals surface area contributed by atoms with Crippen LogP contribution < -0.4 is 16.4 Å². The minimum atomic E-state index is -0.780. The van der Waals surface area contributed by atoms with Gasteiger partial charge in [-0.2, -0.15) is 0 Å². The summed E-state index contributed by atoms with van der Waals surface area (Å²) in [6, 6.07) is 7.67. The molecule has 0 aromatic heterocycles. The van der Waals surface area contributed by atoms with Gasteiger partial charge in [0.25, 0.3) is 0 Å². The second kappa shape index (κ2) is 9.45. The van der Waals surface area contributed by atoms with Gasteiger partial charge in [-0.25, -0.2) is 4.79 Å². The third kappa shape index (κ3) is 6.82. The molecule has 2 atom stereocenters. The van der Waals surface area contributed by atoms with Gasteiger partial charge >= 0.3 is 12.0 Å². The molecule has 3 amide bonds. The molecule has 0 heterocycles. The van der Waals surface area contributed by atoms with Gasteiger partial charge in [0.05, 0.1) is 0 Å². The molecule has 7 nitrogen and oxygen atoms in total. The Morgan fingerprint density at radius 1 is 1.22 bits per heavy atom. The zero-order valence-corrected chi connectivity index (χ0v) is 13.4. The smallest absolute Gasteiger partial charge is 0.325 e. The van der Waals surface area contributed by atoms with Gasteiger partial charge in [-0.1, -0.05) is 50.6 Å². The molecule has 1 rings (SSSR count). The molecule has 0 fully saturated rings. The third-order valence-corrected chi connectivity index (χ3v) is 3.44.